The van der Waals surface area contributed by atoms with E-state index in [1.165, 1.54) is 52.9 Å². The number of nitro groups is 1. The van der Waals surface area contributed by atoms with Gasteiger partial charge in [0.05, 0.1) is 42.7 Å². The monoisotopic (exact) mass is 732 g/mol. The summed E-state index contributed by atoms with van der Waals surface area (Å²) in [5.41, 5.74) is -0.295. The van der Waals surface area contributed by atoms with Gasteiger partial charge < -0.3 is 28.5 Å². The first-order valence-corrected chi connectivity index (χ1v) is 20.1. The summed E-state index contributed by atoms with van der Waals surface area (Å²) in [6, 6.07) is 20.1. The summed E-state index contributed by atoms with van der Waals surface area (Å²) in [5, 5.41) is 21.7. The average molecular weight is 733 g/mol. The van der Waals surface area contributed by atoms with Gasteiger partial charge in [-0.1, -0.05) is 49.4 Å². The highest BCUT2D eigenvalue weighted by Crippen LogP contribution is 2.60. The third kappa shape index (κ3) is 6.71. The highest BCUT2D eigenvalue weighted by Gasteiger charge is 2.67. The molecule has 0 radical (unpaired) electrons. The third-order valence-electron chi connectivity index (χ3n) is 10.2. The average Bonchev–Trinajstić information content (AvgIpc) is 3.51. The van der Waals surface area contributed by atoms with Gasteiger partial charge in [0, 0.05) is 54.9 Å². The molecule has 13 nitrogen and oxygen atoms in total. The van der Waals surface area contributed by atoms with Gasteiger partial charge in [-0.15, -0.1) is 0 Å². The van der Waals surface area contributed by atoms with E-state index in [1.807, 2.05) is 30.3 Å². The summed E-state index contributed by atoms with van der Waals surface area (Å²) in [6.45, 7) is 5.98. The molecule has 5 atom stereocenters. The fourth-order valence-corrected chi connectivity index (χ4v) is 10.4. The Balaban J connectivity index is 1.32. The molecule has 274 valence electrons. The molecule has 3 heterocycles. The van der Waals surface area contributed by atoms with Crippen molar-refractivity contribution < 1.29 is 42.8 Å². The Morgan fingerprint density at radius 2 is 1.79 bits per heavy atom. The minimum absolute atomic E-state index is 0.0230. The number of nitrogens with zero attached hydrogens (tertiary/aromatic N) is 4. The zero-order valence-corrected chi connectivity index (χ0v) is 30.4. The normalized spacial score (nSPS) is 23.8. The minimum Gasteiger partial charge on any atom is -0.441 e. The molecule has 1 N–H and O–H groups in total. The van der Waals surface area contributed by atoms with Crippen molar-refractivity contribution in [1.82, 2.24) is 4.90 Å². The van der Waals surface area contributed by atoms with Crippen LogP contribution in [0.15, 0.2) is 72.8 Å². The van der Waals surface area contributed by atoms with Gasteiger partial charge in [-0.25, -0.2) is 0 Å². The van der Waals surface area contributed by atoms with Gasteiger partial charge in [-0.2, -0.15) is 0 Å². The van der Waals surface area contributed by atoms with Crippen LogP contribution in [0.2, 0.25) is 18.6 Å². The van der Waals surface area contributed by atoms with Crippen LogP contribution in [0, 0.1) is 16.0 Å². The standard InChI is InChI=1S/C37H41FN4O9Si/c1-23-35(52(3,4)38)31(19-32(45)39(16-17-43)21-25-8-6-5-7-9-25)51-37(23)29-18-28(42(48)49)14-15-30(29)40(36(37)47)22-26-10-12-27(13-11-26)41-33(46)20-34(41)50-24(2)44/h5-15,18,23,31,34-35,43H,16-17,19-22H2,1-4H3/t23-,31+,34?,35-,37+/m1/s1. The van der Waals surface area contributed by atoms with Crippen LogP contribution < -0.4 is 9.80 Å². The molecule has 1 spiro atoms. The number of nitro benzene ring substituents is 1. The van der Waals surface area contributed by atoms with Crippen LogP contribution in [0.25, 0.3) is 0 Å². The number of hydrogen-bond donors (Lipinski definition) is 1. The maximum Gasteiger partial charge on any atom is 0.304 e. The first-order chi connectivity index (χ1) is 24.6. The summed E-state index contributed by atoms with van der Waals surface area (Å²) < 4.78 is 28.3. The fourth-order valence-electron chi connectivity index (χ4n) is 7.95. The van der Waals surface area contributed by atoms with Crippen LogP contribution in [0.5, 0.6) is 0 Å². The lowest BCUT2D eigenvalue weighted by Crippen LogP contribution is -2.54. The highest BCUT2D eigenvalue weighted by atomic mass is 28.4. The summed E-state index contributed by atoms with van der Waals surface area (Å²) in [4.78, 5) is 68.1. The lowest BCUT2D eigenvalue weighted by Gasteiger charge is -2.39. The molecule has 3 aliphatic rings. The van der Waals surface area contributed by atoms with Gasteiger partial charge in [0.25, 0.3) is 11.6 Å². The van der Waals surface area contributed by atoms with Gasteiger partial charge in [0.2, 0.25) is 20.2 Å². The Labute approximate surface area is 301 Å². The molecule has 3 aromatic rings. The Hall–Kier alpha value is -4.99. The number of non-ortho nitro benzene ring substituents is 1. The van der Waals surface area contributed by atoms with Crippen molar-refractivity contribution in [2.75, 3.05) is 23.0 Å². The molecule has 1 unspecified atom stereocenters. The number of benzene rings is 3. The van der Waals surface area contributed by atoms with Crippen LogP contribution in [-0.2, 0) is 47.3 Å². The minimum atomic E-state index is -3.67. The van der Waals surface area contributed by atoms with E-state index in [0.717, 1.165) is 5.56 Å². The second-order valence-electron chi connectivity index (χ2n) is 14.0. The number of rotatable bonds is 12. The van der Waals surface area contributed by atoms with Crippen molar-refractivity contribution in [3.8, 4) is 0 Å². The summed E-state index contributed by atoms with van der Waals surface area (Å²) >= 11 is 0. The number of aliphatic hydroxyl groups excluding tert-OH is 1. The van der Waals surface area contributed by atoms with Crippen molar-refractivity contribution in [1.29, 1.82) is 0 Å². The SMILES string of the molecule is CC(=O)OC1CC(=O)N1c1ccc(CN2C(=O)[C@@]3(O[C@@H](CC(=O)N(CCO)Cc4ccccc4)[C@H]([Si](C)(C)F)[C@H]3C)c3cc([N+](=O)[O-])ccc32)cc1. The Morgan fingerprint density at radius 1 is 1.10 bits per heavy atom. The number of aliphatic hydroxyl groups is 1. The van der Waals surface area contributed by atoms with E-state index in [0.29, 0.717) is 16.9 Å². The number of anilines is 2. The molecule has 6 rings (SSSR count). The quantitative estimate of drug-likeness (QED) is 0.0679. The number of carbonyl (C=O) groups excluding carboxylic acids is 4. The van der Waals surface area contributed by atoms with E-state index in [4.69, 9.17) is 9.47 Å². The molecule has 15 heteroatoms. The number of carbonyl (C=O) groups is 4. The second-order valence-corrected chi connectivity index (χ2v) is 17.8. The van der Waals surface area contributed by atoms with E-state index in [9.17, 15) is 34.4 Å². The third-order valence-corrected chi connectivity index (χ3v) is 12.7. The second kappa shape index (κ2) is 14.2. The Kier molecular flexibility index (Phi) is 10.0. The maximum atomic E-state index is 16.4. The molecule has 2 saturated heterocycles. The van der Waals surface area contributed by atoms with Crippen molar-refractivity contribution in [2.24, 2.45) is 5.92 Å². The number of hydrogen-bond acceptors (Lipinski definition) is 9. The number of amides is 3. The largest absolute Gasteiger partial charge is 0.441 e. The number of β-lactam (4-membered cyclic amide) rings is 1. The van der Waals surface area contributed by atoms with Crippen LogP contribution in [0.1, 0.15) is 43.4 Å². The molecule has 3 aliphatic heterocycles. The van der Waals surface area contributed by atoms with Crippen LogP contribution >= 0.6 is 0 Å². The molecule has 0 bridgehead atoms. The molecule has 0 aliphatic carbocycles. The van der Waals surface area contributed by atoms with Crippen LogP contribution in [-0.4, -0.2) is 72.5 Å². The predicted octanol–water partition coefficient (Wildman–Crippen LogP) is 4.95. The van der Waals surface area contributed by atoms with E-state index in [2.05, 4.69) is 0 Å². The first kappa shape index (κ1) is 36.8. The zero-order chi connectivity index (χ0) is 37.5. The van der Waals surface area contributed by atoms with Gasteiger partial charge >= 0.3 is 5.97 Å². The predicted molar refractivity (Wildman–Crippen MR) is 190 cm³/mol. The number of halogens is 1. The molecule has 2 fully saturated rings. The van der Waals surface area contributed by atoms with E-state index >= 15 is 4.11 Å². The molecule has 52 heavy (non-hydrogen) atoms. The van der Waals surface area contributed by atoms with Crippen molar-refractivity contribution >= 4 is 49.2 Å². The smallest absolute Gasteiger partial charge is 0.304 e. The number of esters is 1. The summed E-state index contributed by atoms with van der Waals surface area (Å²) in [6.07, 6.45) is -1.91. The molecule has 0 aromatic heterocycles. The molecular weight excluding hydrogens is 692 g/mol. The number of ether oxygens (including phenoxy) is 2. The van der Waals surface area contributed by atoms with Crippen molar-refractivity contribution in [3.63, 3.8) is 0 Å². The maximum absolute atomic E-state index is 16.4. The van der Waals surface area contributed by atoms with Crippen LogP contribution in [0.4, 0.5) is 21.2 Å². The zero-order valence-electron chi connectivity index (χ0n) is 29.4. The fraction of sp³-hybridized carbons (Fsp3) is 0.405. The van der Waals surface area contributed by atoms with Crippen molar-refractivity contribution in [3.05, 3.63) is 99.6 Å². The van der Waals surface area contributed by atoms with E-state index in [1.54, 1.807) is 31.2 Å². The van der Waals surface area contributed by atoms with Crippen LogP contribution in [0.3, 0.4) is 0 Å². The van der Waals surface area contributed by atoms with Gasteiger partial charge in [-0.05, 0) is 42.4 Å². The van der Waals surface area contributed by atoms with Gasteiger partial charge in [0.1, 0.15) is 0 Å². The lowest BCUT2D eigenvalue weighted by molar-refractivity contribution is -0.385. The molecule has 3 amide bonds. The number of fused-ring (bicyclic) bond motifs is 2. The topological polar surface area (TPSA) is 160 Å². The summed E-state index contributed by atoms with van der Waals surface area (Å²) in [7, 11) is -3.67. The Bertz CT molecular complexity index is 1890. The van der Waals surface area contributed by atoms with Gasteiger partial charge in [-0.3, -0.25) is 34.2 Å². The van der Waals surface area contributed by atoms with Gasteiger partial charge in [0.15, 0.2) is 11.8 Å². The van der Waals surface area contributed by atoms with Crippen molar-refractivity contribution in [2.45, 2.75) is 76.3 Å². The molecule has 3 aromatic carbocycles. The first-order valence-electron chi connectivity index (χ1n) is 17.1. The molecular formula is C37H41FN4O9Si. The van der Waals surface area contributed by atoms with E-state index in [-0.39, 0.29) is 62.1 Å². The lowest BCUT2D eigenvalue weighted by atomic mass is 9.82. The highest BCUT2D eigenvalue weighted by molar-refractivity contribution is 6.72. The Morgan fingerprint density at radius 3 is 2.38 bits per heavy atom. The molecule has 0 saturated carbocycles. The van der Waals surface area contributed by atoms with E-state index < -0.39 is 54.6 Å². The summed E-state index contributed by atoms with van der Waals surface area (Å²) in [5.74, 6) is -2.42.